The predicted octanol–water partition coefficient (Wildman–Crippen LogP) is 5.98. The van der Waals surface area contributed by atoms with Gasteiger partial charge in [-0.1, -0.05) is 45.2 Å². The zero-order chi connectivity index (χ0) is 15.1. The average Bonchev–Trinajstić information content (AvgIpc) is 2.40. The summed E-state index contributed by atoms with van der Waals surface area (Å²) in [6.07, 6.45) is 0. The Morgan fingerprint density at radius 3 is 2.48 bits per heavy atom. The number of aromatic nitrogens is 2. The van der Waals surface area contributed by atoms with Gasteiger partial charge in [0, 0.05) is 15.4 Å². The van der Waals surface area contributed by atoms with E-state index < -0.39 is 0 Å². The van der Waals surface area contributed by atoms with Crippen LogP contribution in [0.2, 0.25) is 10.2 Å². The first-order valence-electron chi connectivity index (χ1n) is 6.35. The molecule has 1 aromatic heterocycles. The van der Waals surface area contributed by atoms with E-state index in [-0.39, 0.29) is 0 Å². The van der Waals surface area contributed by atoms with E-state index in [4.69, 9.17) is 23.2 Å². The molecule has 2 nitrogen and oxygen atoms in total. The minimum atomic E-state index is 0.427. The van der Waals surface area contributed by atoms with E-state index in [1.54, 1.807) is 0 Å². The van der Waals surface area contributed by atoms with Crippen LogP contribution in [0.15, 0.2) is 34.8 Å². The highest BCUT2D eigenvalue weighted by Crippen LogP contribution is 2.32. The van der Waals surface area contributed by atoms with Crippen molar-refractivity contribution in [3.8, 4) is 11.4 Å². The summed E-state index contributed by atoms with van der Waals surface area (Å²) in [4.78, 5) is 9.03. The van der Waals surface area contributed by atoms with Gasteiger partial charge in [-0.3, -0.25) is 0 Å². The quantitative estimate of drug-likeness (QED) is 0.484. The first kappa shape index (κ1) is 14.8. The number of benzene rings is 2. The molecule has 0 N–H and O–H groups in total. The van der Waals surface area contributed by atoms with Gasteiger partial charge in [0.05, 0.1) is 10.5 Å². The molecule has 5 heteroatoms. The van der Waals surface area contributed by atoms with Crippen LogP contribution in [0, 0.1) is 13.8 Å². The Labute approximate surface area is 141 Å². The van der Waals surface area contributed by atoms with E-state index in [0.29, 0.717) is 16.0 Å². The third-order valence-electron chi connectivity index (χ3n) is 3.27. The van der Waals surface area contributed by atoms with Crippen LogP contribution in [0.3, 0.4) is 0 Å². The summed E-state index contributed by atoms with van der Waals surface area (Å²) in [5.41, 5.74) is 3.75. The van der Waals surface area contributed by atoms with Gasteiger partial charge in [-0.15, -0.1) is 0 Å². The molecule has 0 unspecified atom stereocenters. The van der Waals surface area contributed by atoms with E-state index in [9.17, 15) is 0 Å². The van der Waals surface area contributed by atoms with Gasteiger partial charge in [0.25, 0.3) is 0 Å². The standard InChI is InChI=1S/C16H11BrCl2N2/c1-8-3-4-11(13(18)5-8)16-20-14-9(2)6-10(17)7-12(14)15(19)21-16/h3-7H,1-2H3. The fourth-order valence-electron chi connectivity index (χ4n) is 2.25. The van der Waals surface area contributed by atoms with E-state index in [1.165, 1.54) is 0 Å². The number of fused-ring (bicyclic) bond motifs is 1. The highest BCUT2D eigenvalue weighted by atomic mass is 79.9. The Bertz CT molecular complexity index is 863. The number of nitrogens with zero attached hydrogens (tertiary/aromatic N) is 2. The second-order valence-corrected chi connectivity index (χ2v) is 6.62. The molecular formula is C16H11BrCl2N2. The summed E-state index contributed by atoms with van der Waals surface area (Å²) in [5, 5.41) is 1.88. The number of rotatable bonds is 1. The Balaban J connectivity index is 2.30. The second kappa shape index (κ2) is 5.56. The topological polar surface area (TPSA) is 25.8 Å². The lowest BCUT2D eigenvalue weighted by atomic mass is 10.1. The van der Waals surface area contributed by atoms with Crippen molar-refractivity contribution >= 4 is 50.0 Å². The molecule has 0 aliphatic rings. The van der Waals surface area contributed by atoms with Crippen molar-refractivity contribution in [2.75, 3.05) is 0 Å². The summed E-state index contributed by atoms with van der Waals surface area (Å²) in [6, 6.07) is 9.73. The van der Waals surface area contributed by atoms with Crippen molar-refractivity contribution in [1.82, 2.24) is 9.97 Å². The number of aryl methyl sites for hydroxylation is 2. The van der Waals surface area contributed by atoms with Gasteiger partial charge in [-0.2, -0.15) is 0 Å². The lowest BCUT2D eigenvalue weighted by Gasteiger charge is -2.09. The lowest BCUT2D eigenvalue weighted by molar-refractivity contribution is 1.21. The van der Waals surface area contributed by atoms with Crippen molar-refractivity contribution < 1.29 is 0 Å². The highest BCUT2D eigenvalue weighted by Gasteiger charge is 2.13. The van der Waals surface area contributed by atoms with Gasteiger partial charge in [0.2, 0.25) is 0 Å². The zero-order valence-electron chi connectivity index (χ0n) is 11.4. The molecule has 0 aliphatic carbocycles. The molecule has 0 saturated carbocycles. The fraction of sp³-hybridized carbons (Fsp3) is 0.125. The monoisotopic (exact) mass is 380 g/mol. The molecule has 0 fully saturated rings. The van der Waals surface area contributed by atoms with Crippen LogP contribution in [0.25, 0.3) is 22.3 Å². The molecule has 21 heavy (non-hydrogen) atoms. The summed E-state index contributed by atoms with van der Waals surface area (Å²) >= 11 is 16.1. The lowest BCUT2D eigenvalue weighted by Crippen LogP contribution is -1.95. The summed E-state index contributed by atoms with van der Waals surface area (Å²) < 4.78 is 0.958. The molecule has 3 aromatic rings. The predicted molar refractivity (Wildman–Crippen MR) is 92.2 cm³/mol. The Morgan fingerprint density at radius 1 is 1.00 bits per heavy atom. The van der Waals surface area contributed by atoms with Gasteiger partial charge >= 0.3 is 0 Å². The van der Waals surface area contributed by atoms with Gasteiger partial charge < -0.3 is 0 Å². The van der Waals surface area contributed by atoms with Crippen molar-refractivity contribution in [3.05, 3.63) is 56.1 Å². The molecule has 0 bridgehead atoms. The third kappa shape index (κ3) is 2.78. The molecule has 0 spiro atoms. The molecule has 0 atom stereocenters. The first-order valence-corrected chi connectivity index (χ1v) is 7.90. The maximum atomic E-state index is 6.32. The van der Waals surface area contributed by atoms with Crippen molar-refractivity contribution in [2.45, 2.75) is 13.8 Å². The Hall–Kier alpha value is -1.16. The highest BCUT2D eigenvalue weighted by molar-refractivity contribution is 9.10. The van der Waals surface area contributed by atoms with E-state index in [1.807, 2.05) is 44.2 Å². The van der Waals surface area contributed by atoms with Crippen molar-refractivity contribution in [3.63, 3.8) is 0 Å². The second-order valence-electron chi connectivity index (χ2n) is 4.94. The van der Waals surface area contributed by atoms with Crippen molar-refractivity contribution in [2.24, 2.45) is 0 Å². The SMILES string of the molecule is Cc1ccc(-c2nc(Cl)c3cc(Br)cc(C)c3n2)c(Cl)c1. The van der Waals surface area contributed by atoms with Crippen molar-refractivity contribution in [1.29, 1.82) is 0 Å². The van der Waals surface area contributed by atoms with Crippen LogP contribution >= 0.6 is 39.1 Å². The zero-order valence-corrected chi connectivity index (χ0v) is 14.5. The summed E-state index contributed by atoms with van der Waals surface area (Å²) in [6.45, 7) is 3.99. The van der Waals surface area contributed by atoms with Gasteiger partial charge in [-0.05, 0) is 49.2 Å². The molecule has 0 amide bonds. The fourth-order valence-corrected chi connectivity index (χ4v) is 3.36. The maximum Gasteiger partial charge on any atom is 0.163 e. The average molecular weight is 382 g/mol. The van der Waals surface area contributed by atoms with E-state index in [2.05, 4.69) is 25.9 Å². The van der Waals surface area contributed by atoms with Gasteiger partial charge in [-0.25, -0.2) is 9.97 Å². The van der Waals surface area contributed by atoms with Gasteiger partial charge in [0.1, 0.15) is 5.15 Å². The third-order valence-corrected chi connectivity index (χ3v) is 4.33. The number of hydrogen-bond donors (Lipinski definition) is 0. The van der Waals surface area contributed by atoms with Crippen LogP contribution in [0.5, 0.6) is 0 Å². The van der Waals surface area contributed by atoms with E-state index in [0.717, 1.165) is 32.1 Å². The van der Waals surface area contributed by atoms with Crippen LogP contribution in [0.4, 0.5) is 0 Å². The van der Waals surface area contributed by atoms with Crippen LogP contribution in [-0.4, -0.2) is 9.97 Å². The molecule has 3 rings (SSSR count). The Morgan fingerprint density at radius 2 is 1.76 bits per heavy atom. The molecule has 0 aliphatic heterocycles. The normalized spacial score (nSPS) is 11.1. The molecule has 106 valence electrons. The Kier molecular flexibility index (Phi) is 3.91. The van der Waals surface area contributed by atoms with Crippen LogP contribution in [0.1, 0.15) is 11.1 Å². The van der Waals surface area contributed by atoms with Crippen LogP contribution < -0.4 is 0 Å². The molecule has 2 aromatic carbocycles. The minimum absolute atomic E-state index is 0.427. The minimum Gasteiger partial charge on any atom is -0.228 e. The van der Waals surface area contributed by atoms with Crippen LogP contribution in [-0.2, 0) is 0 Å². The smallest absolute Gasteiger partial charge is 0.163 e. The largest absolute Gasteiger partial charge is 0.228 e. The molecule has 0 saturated heterocycles. The molecule has 0 radical (unpaired) electrons. The van der Waals surface area contributed by atoms with E-state index >= 15 is 0 Å². The number of hydrogen-bond acceptors (Lipinski definition) is 2. The first-order chi connectivity index (χ1) is 9.95. The summed E-state index contributed by atoms with van der Waals surface area (Å²) in [5.74, 6) is 0.544. The van der Waals surface area contributed by atoms with Gasteiger partial charge in [0.15, 0.2) is 5.82 Å². The molecule has 1 heterocycles. The summed E-state index contributed by atoms with van der Waals surface area (Å²) in [7, 11) is 0. The number of halogens is 3. The maximum absolute atomic E-state index is 6.32. The molecular weight excluding hydrogens is 371 g/mol.